The van der Waals surface area contributed by atoms with Gasteiger partial charge in [-0.25, -0.2) is 0 Å². The number of methoxy groups -OCH3 is 1. The molecule has 0 N–H and O–H groups in total. The van der Waals surface area contributed by atoms with Crippen LogP contribution in [0.5, 0.6) is 0 Å². The lowest BCUT2D eigenvalue weighted by molar-refractivity contribution is -0.137. The van der Waals surface area contributed by atoms with Crippen molar-refractivity contribution >= 4 is 17.9 Å². The number of hydrogen-bond donors (Lipinski definition) is 0. The average molecular weight is 358 g/mol. The Morgan fingerprint density at radius 2 is 2.04 bits per heavy atom. The molecular weight excluding hydrogens is 337 g/mol. The number of alkyl halides is 3. The van der Waals surface area contributed by atoms with Crippen LogP contribution in [-0.2, 0) is 20.5 Å². The van der Waals surface area contributed by atoms with Crippen LogP contribution in [0.25, 0.3) is 0 Å². The van der Waals surface area contributed by atoms with Gasteiger partial charge < -0.3 is 19.3 Å². The number of carbonyl (C=O) groups excluding carboxylic acids is 2. The largest absolute Gasteiger partial charge is 0.416 e. The van der Waals surface area contributed by atoms with Gasteiger partial charge in [0.15, 0.2) is 0 Å². The molecule has 0 saturated carbocycles. The molecule has 1 saturated heterocycles. The monoisotopic (exact) mass is 358 g/mol. The molecule has 8 heteroatoms. The third-order valence-corrected chi connectivity index (χ3v) is 4.23. The molecule has 0 radical (unpaired) electrons. The molecule has 1 aliphatic heterocycles. The van der Waals surface area contributed by atoms with Gasteiger partial charge in [-0.2, -0.15) is 13.2 Å². The summed E-state index contributed by atoms with van der Waals surface area (Å²) in [7, 11) is 1.50. The number of halogens is 3. The van der Waals surface area contributed by atoms with Crippen LogP contribution in [0.15, 0.2) is 24.3 Å². The summed E-state index contributed by atoms with van der Waals surface area (Å²) in [6.07, 6.45) is -3.32. The van der Waals surface area contributed by atoms with Crippen molar-refractivity contribution < 1.29 is 27.5 Å². The Hall–Kier alpha value is -2.09. The lowest BCUT2D eigenvalue weighted by atomic mass is 10.1. The lowest BCUT2D eigenvalue weighted by Crippen LogP contribution is -2.44. The highest BCUT2D eigenvalue weighted by Gasteiger charge is 2.32. The molecule has 1 heterocycles. The van der Waals surface area contributed by atoms with Crippen LogP contribution >= 0.6 is 0 Å². The number of amides is 1. The van der Waals surface area contributed by atoms with Crippen molar-refractivity contribution in [2.24, 2.45) is 0 Å². The predicted octanol–water partition coefficient (Wildman–Crippen LogP) is 2.35. The molecule has 1 amide bonds. The fourth-order valence-electron chi connectivity index (χ4n) is 2.95. The third-order valence-electron chi connectivity index (χ3n) is 4.23. The first kappa shape index (κ1) is 19.2. The third kappa shape index (κ3) is 4.94. The van der Waals surface area contributed by atoms with Gasteiger partial charge in [-0.3, -0.25) is 4.79 Å². The Morgan fingerprint density at radius 3 is 2.68 bits per heavy atom. The first-order chi connectivity index (χ1) is 11.9. The first-order valence-corrected chi connectivity index (χ1v) is 8.01. The van der Waals surface area contributed by atoms with Gasteiger partial charge >= 0.3 is 6.18 Å². The normalized spacial score (nSPS) is 17.4. The molecule has 0 bridgehead atoms. The van der Waals surface area contributed by atoms with E-state index in [1.807, 2.05) is 0 Å². The van der Waals surface area contributed by atoms with Gasteiger partial charge in [-0.05, 0) is 18.2 Å². The van der Waals surface area contributed by atoms with E-state index < -0.39 is 11.7 Å². The van der Waals surface area contributed by atoms with Gasteiger partial charge in [0, 0.05) is 45.3 Å². The van der Waals surface area contributed by atoms with Gasteiger partial charge in [0.05, 0.1) is 18.2 Å². The van der Waals surface area contributed by atoms with Gasteiger partial charge in [0.1, 0.15) is 6.29 Å². The van der Waals surface area contributed by atoms with Gasteiger partial charge in [0.25, 0.3) is 0 Å². The minimum atomic E-state index is -4.41. The van der Waals surface area contributed by atoms with Crippen LogP contribution in [0.1, 0.15) is 18.4 Å². The molecule has 1 fully saturated rings. The summed E-state index contributed by atoms with van der Waals surface area (Å²) in [6.45, 7) is 1.30. The van der Waals surface area contributed by atoms with Crippen LogP contribution in [-0.4, -0.2) is 56.5 Å². The van der Waals surface area contributed by atoms with E-state index in [1.165, 1.54) is 13.2 Å². The lowest BCUT2D eigenvalue weighted by Gasteiger charge is -2.29. The number of ether oxygens (including phenoxy) is 1. The Balaban J connectivity index is 2.15. The second kappa shape index (κ2) is 8.33. The molecule has 0 aromatic heterocycles. The number of nitrogens with zero attached hydrogens (tertiary/aromatic N) is 2. The fourth-order valence-corrected chi connectivity index (χ4v) is 2.95. The maximum absolute atomic E-state index is 12.9. The molecule has 1 unspecified atom stereocenters. The number of hydrogen-bond acceptors (Lipinski definition) is 4. The maximum Gasteiger partial charge on any atom is 0.416 e. The van der Waals surface area contributed by atoms with Crippen molar-refractivity contribution in [3.8, 4) is 0 Å². The predicted molar refractivity (Wildman–Crippen MR) is 86.3 cm³/mol. The minimum absolute atomic E-state index is 0.127. The van der Waals surface area contributed by atoms with E-state index in [2.05, 4.69) is 0 Å². The van der Waals surface area contributed by atoms with Crippen LogP contribution < -0.4 is 4.90 Å². The molecule has 25 heavy (non-hydrogen) atoms. The maximum atomic E-state index is 12.9. The number of rotatable bonds is 6. The summed E-state index contributed by atoms with van der Waals surface area (Å²) in [5.41, 5.74) is -0.279. The summed E-state index contributed by atoms with van der Waals surface area (Å²) in [5, 5.41) is 0. The summed E-state index contributed by atoms with van der Waals surface area (Å²) < 4.78 is 43.7. The molecule has 1 aliphatic rings. The summed E-state index contributed by atoms with van der Waals surface area (Å²) in [6, 6.07) is 4.74. The van der Waals surface area contributed by atoms with Crippen LogP contribution in [0.2, 0.25) is 0 Å². The molecule has 1 aromatic carbocycles. The minimum Gasteiger partial charge on any atom is -0.383 e. The van der Waals surface area contributed by atoms with Gasteiger partial charge in [-0.1, -0.05) is 6.07 Å². The second-order valence-electron chi connectivity index (χ2n) is 5.88. The SMILES string of the molecule is COCC(CC=O)N1CCN(c2cccc(C(F)(F)F)c2)CCC1=O. The molecule has 2 rings (SSSR count). The quantitative estimate of drug-likeness (QED) is 0.733. The smallest absolute Gasteiger partial charge is 0.383 e. The molecule has 1 aromatic rings. The standard InChI is InChI=1S/C17H21F3N2O3/c1-25-12-15(6-10-23)22-9-8-21(7-5-16(22)24)14-4-2-3-13(11-14)17(18,19)20/h2-4,10-11,15H,5-9,12H2,1H3. The summed E-state index contributed by atoms with van der Waals surface area (Å²) in [4.78, 5) is 26.5. The Labute approximate surface area is 144 Å². The molecule has 138 valence electrons. The Kier molecular flexibility index (Phi) is 6.41. The fraction of sp³-hybridized carbons (Fsp3) is 0.529. The van der Waals surface area contributed by atoms with Crippen LogP contribution in [0, 0.1) is 0 Å². The van der Waals surface area contributed by atoms with Crippen molar-refractivity contribution in [1.29, 1.82) is 0 Å². The van der Waals surface area contributed by atoms with E-state index in [1.54, 1.807) is 15.9 Å². The molecule has 0 aliphatic carbocycles. The number of benzene rings is 1. The van der Waals surface area contributed by atoms with Crippen molar-refractivity contribution in [2.45, 2.75) is 25.1 Å². The second-order valence-corrected chi connectivity index (χ2v) is 5.88. The van der Waals surface area contributed by atoms with Crippen molar-refractivity contribution in [3.63, 3.8) is 0 Å². The van der Waals surface area contributed by atoms with E-state index in [9.17, 15) is 22.8 Å². The average Bonchev–Trinajstić information content (AvgIpc) is 2.76. The highest BCUT2D eigenvalue weighted by Crippen LogP contribution is 2.32. The summed E-state index contributed by atoms with van der Waals surface area (Å²) in [5.74, 6) is -0.127. The van der Waals surface area contributed by atoms with Crippen molar-refractivity contribution in [1.82, 2.24) is 4.90 Å². The zero-order valence-electron chi connectivity index (χ0n) is 14.0. The first-order valence-electron chi connectivity index (χ1n) is 8.01. The molecule has 1 atom stereocenters. The van der Waals surface area contributed by atoms with E-state index in [0.29, 0.717) is 25.3 Å². The Bertz CT molecular complexity index is 607. The number of anilines is 1. The zero-order valence-corrected chi connectivity index (χ0v) is 14.0. The summed E-state index contributed by atoms with van der Waals surface area (Å²) >= 11 is 0. The van der Waals surface area contributed by atoms with E-state index >= 15 is 0 Å². The van der Waals surface area contributed by atoms with Gasteiger partial charge in [0.2, 0.25) is 5.91 Å². The number of carbonyl (C=O) groups is 2. The zero-order chi connectivity index (χ0) is 18.4. The van der Waals surface area contributed by atoms with Crippen molar-refractivity contribution in [2.75, 3.05) is 38.3 Å². The van der Waals surface area contributed by atoms with E-state index in [-0.39, 0.29) is 31.4 Å². The van der Waals surface area contributed by atoms with E-state index in [4.69, 9.17) is 4.74 Å². The van der Waals surface area contributed by atoms with E-state index in [0.717, 1.165) is 18.4 Å². The molecule has 5 nitrogen and oxygen atoms in total. The Morgan fingerprint density at radius 1 is 1.28 bits per heavy atom. The molecule has 0 spiro atoms. The highest BCUT2D eigenvalue weighted by atomic mass is 19.4. The van der Waals surface area contributed by atoms with Gasteiger partial charge in [-0.15, -0.1) is 0 Å². The van der Waals surface area contributed by atoms with Crippen LogP contribution in [0.4, 0.5) is 18.9 Å². The van der Waals surface area contributed by atoms with Crippen LogP contribution in [0.3, 0.4) is 0 Å². The number of aldehydes is 1. The topological polar surface area (TPSA) is 49.9 Å². The molecular formula is C17H21F3N2O3. The van der Waals surface area contributed by atoms with Crippen molar-refractivity contribution in [3.05, 3.63) is 29.8 Å². The highest BCUT2D eigenvalue weighted by molar-refractivity contribution is 5.78.